The molecule has 2 fully saturated rings. The summed E-state index contributed by atoms with van der Waals surface area (Å²) in [6.07, 6.45) is 5.45. The topological polar surface area (TPSA) is 52.7 Å². The normalized spacial score (nSPS) is 18.5. The number of nitrogens with zero attached hydrogens (tertiary/aromatic N) is 2. The number of amides is 3. The Bertz CT molecular complexity index is 963. The van der Waals surface area contributed by atoms with Gasteiger partial charge in [-0.25, -0.2) is 9.18 Å². The second-order valence-electron chi connectivity index (χ2n) is 7.59. The maximum absolute atomic E-state index is 13.1. The molecule has 2 saturated heterocycles. The molecule has 2 aliphatic heterocycles. The summed E-state index contributed by atoms with van der Waals surface area (Å²) in [4.78, 5) is 28.5. The maximum Gasteiger partial charge on any atom is 0.329 e. The smallest absolute Gasteiger partial charge is 0.329 e. The minimum absolute atomic E-state index is 0.106. The number of anilines is 1. The van der Waals surface area contributed by atoms with Crippen molar-refractivity contribution in [2.75, 3.05) is 18.0 Å². The van der Waals surface area contributed by atoms with Gasteiger partial charge in [0.25, 0.3) is 5.91 Å². The Morgan fingerprint density at radius 3 is 2.45 bits per heavy atom. The Hall–Kier alpha value is -3.15. The monoisotopic (exact) mass is 393 g/mol. The van der Waals surface area contributed by atoms with E-state index in [2.05, 4.69) is 22.3 Å². The van der Waals surface area contributed by atoms with Gasteiger partial charge >= 0.3 is 6.03 Å². The van der Waals surface area contributed by atoms with Crippen LogP contribution in [0.15, 0.2) is 48.2 Å². The summed E-state index contributed by atoms with van der Waals surface area (Å²) < 4.78 is 13.1. The van der Waals surface area contributed by atoms with E-state index in [1.54, 1.807) is 18.2 Å². The average molecular weight is 393 g/mol. The first kappa shape index (κ1) is 19.2. The molecule has 0 unspecified atom stereocenters. The first-order valence-corrected chi connectivity index (χ1v) is 9.96. The standard InChI is InChI=1S/C23H24FN3O2/c1-16-13-20(26-11-3-2-4-12-26)10-7-18(16)14-21-22(28)27(23(29)25-21)15-17-5-8-19(24)9-6-17/h5-10,13-14H,2-4,11-12,15H2,1H3,(H,25,29). The second kappa shape index (κ2) is 8.07. The minimum Gasteiger partial charge on any atom is -0.372 e. The number of hydrogen-bond acceptors (Lipinski definition) is 3. The van der Waals surface area contributed by atoms with Crippen molar-refractivity contribution < 1.29 is 14.0 Å². The van der Waals surface area contributed by atoms with Crippen molar-refractivity contribution in [3.05, 3.63) is 70.7 Å². The molecule has 6 heteroatoms. The van der Waals surface area contributed by atoms with Crippen LogP contribution in [0.4, 0.5) is 14.9 Å². The highest BCUT2D eigenvalue weighted by atomic mass is 19.1. The number of carbonyl (C=O) groups excluding carboxylic acids is 2. The van der Waals surface area contributed by atoms with Gasteiger partial charge in [0, 0.05) is 18.8 Å². The Kier molecular flexibility index (Phi) is 5.34. The largest absolute Gasteiger partial charge is 0.372 e. The lowest BCUT2D eigenvalue weighted by atomic mass is 10.0. The van der Waals surface area contributed by atoms with E-state index in [9.17, 15) is 14.0 Å². The number of hydrogen-bond donors (Lipinski definition) is 1. The summed E-state index contributed by atoms with van der Waals surface area (Å²) in [7, 11) is 0. The van der Waals surface area contributed by atoms with Crippen molar-refractivity contribution >= 4 is 23.7 Å². The van der Waals surface area contributed by atoms with Gasteiger partial charge in [0.05, 0.1) is 6.54 Å². The molecule has 1 N–H and O–H groups in total. The maximum atomic E-state index is 13.1. The third-order valence-corrected chi connectivity index (χ3v) is 5.49. The van der Waals surface area contributed by atoms with E-state index in [1.807, 2.05) is 13.0 Å². The quantitative estimate of drug-likeness (QED) is 0.625. The van der Waals surface area contributed by atoms with Crippen LogP contribution in [0.1, 0.15) is 36.0 Å². The van der Waals surface area contributed by atoms with Crippen LogP contribution >= 0.6 is 0 Å². The number of aryl methyl sites for hydroxylation is 1. The molecule has 0 radical (unpaired) electrons. The number of piperidine rings is 1. The van der Waals surface area contributed by atoms with Crippen molar-refractivity contribution in [3.8, 4) is 0 Å². The fourth-order valence-corrected chi connectivity index (χ4v) is 3.81. The van der Waals surface area contributed by atoms with E-state index in [4.69, 9.17) is 0 Å². The number of nitrogens with one attached hydrogen (secondary N) is 1. The van der Waals surface area contributed by atoms with Crippen molar-refractivity contribution in [1.82, 2.24) is 10.2 Å². The van der Waals surface area contributed by atoms with Gasteiger partial charge in [-0.1, -0.05) is 18.2 Å². The highest BCUT2D eigenvalue weighted by Gasteiger charge is 2.33. The summed E-state index contributed by atoms with van der Waals surface area (Å²) in [5, 5.41) is 2.65. The zero-order valence-corrected chi connectivity index (χ0v) is 16.5. The van der Waals surface area contributed by atoms with E-state index in [0.717, 1.165) is 29.1 Å². The Balaban J connectivity index is 1.51. The zero-order valence-electron chi connectivity index (χ0n) is 16.5. The van der Waals surface area contributed by atoms with Gasteiger partial charge in [0.2, 0.25) is 0 Å². The predicted octanol–water partition coefficient (Wildman–Crippen LogP) is 4.22. The van der Waals surface area contributed by atoms with Crippen LogP contribution in [-0.4, -0.2) is 29.9 Å². The molecule has 0 atom stereocenters. The number of carbonyl (C=O) groups is 2. The molecule has 0 bridgehead atoms. The van der Waals surface area contributed by atoms with Gasteiger partial charge in [0.15, 0.2) is 0 Å². The highest BCUT2D eigenvalue weighted by Crippen LogP contribution is 2.25. The molecule has 2 aromatic rings. The molecule has 4 rings (SSSR count). The lowest BCUT2D eigenvalue weighted by Gasteiger charge is -2.29. The Labute approximate surface area is 169 Å². The summed E-state index contributed by atoms with van der Waals surface area (Å²) in [5.41, 5.74) is 4.10. The number of halogens is 1. The molecule has 2 aromatic carbocycles. The molecule has 0 aromatic heterocycles. The number of benzene rings is 2. The van der Waals surface area contributed by atoms with Crippen LogP contribution in [0.3, 0.4) is 0 Å². The average Bonchev–Trinajstić information content (AvgIpc) is 2.99. The number of imide groups is 1. The molecule has 5 nitrogen and oxygen atoms in total. The molecule has 0 spiro atoms. The third kappa shape index (κ3) is 4.16. The van der Waals surface area contributed by atoms with E-state index in [-0.39, 0.29) is 24.0 Å². The highest BCUT2D eigenvalue weighted by molar-refractivity contribution is 6.14. The molecule has 0 aliphatic carbocycles. The van der Waals surface area contributed by atoms with Crippen molar-refractivity contribution in [2.45, 2.75) is 32.7 Å². The first-order valence-electron chi connectivity index (χ1n) is 9.96. The first-order chi connectivity index (χ1) is 14.0. The zero-order chi connectivity index (χ0) is 20.4. The van der Waals surface area contributed by atoms with Gasteiger partial charge in [-0.05, 0) is 73.2 Å². The number of rotatable bonds is 4. The summed E-state index contributed by atoms with van der Waals surface area (Å²) >= 11 is 0. The minimum atomic E-state index is -0.465. The van der Waals surface area contributed by atoms with Crippen molar-refractivity contribution in [3.63, 3.8) is 0 Å². The van der Waals surface area contributed by atoms with Crippen molar-refractivity contribution in [1.29, 1.82) is 0 Å². The van der Waals surface area contributed by atoms with Gasteiger partial charge in [-0.15, -0.1) is 0 Å². The van der Waals surface area contributed by atoms with Gasteiger partial charge < -0.3 is 10.2 Å². The number of urea groups is 1. The molecule has 2 aliphatic rings. The summed E-state index contributed by atoms with van der Waals surface area (Å²) in [6, 6.07) is 11.5. The van der Waals surface area contributed by atoms with Crippen LogP contribution in [0.5, 0.6) is 0 Å². The molecule has 0 saturated carbocycles. The fourth-order valence-electron chi connectivity index (χ4n) is 3.81. The van der Waals surface area contributed by atoms with Gasteiger partial charge in [0.1, 0.15) is 11.5 Å². The predicted molar refractivity (Wildman–Crippen MR) is 111 cm³/mol. The fraction of sp³-hybridized carbons (Fsp3) is 0.304. The lowest BCUT2D eigenvalue weighted by Crippen LogP contribution is -2.30. The molecule has 29 heavy (non-hydrogen) atoms. The molecular formula is C23H24FN3O2. The van der Waals surface area contributed by atoms with Crippen LogP contribution in [-0.2, 0) is 11.3 Å². The van der Waals surface area contributed by atoms with Crippen LogP contribution in [0.2, 0.25) is 0 Å². The van der Waals surface area contributed by atoms with Crippen molar-refractivity contribution in [2.24, 2.45) is 0 Å². The second-order valence-corrected chi connectivity index (χ2v) is 7.59. The molecule has 3 amide bonds. The van der Waals surface area contributed by atoms with Crippen LogP contribution in [0, 0.1) is 12.7 Å². The van der Waals surface area contributed by atoms with Gasteiger partial charge in [-0.3, -0.25) is 9.69 Å². The SMILES string of the molecule is Cc1cc(N2CCCCC2)ccc1C=C1NC(=O)N(Cc2ccc(F)cc2)C1=O. The van der Waals surface area contributed by atoms with E-state index in [1.165, 1.54) is 37.1 Å². The summed E-state index contributed by atoms with van der Waals surface area (Å²) in [5.74, 6) is -0.728. The van der Waals surface area contributed by atoms with E-state index < -0.39 is 6.03 Å². The third-order valence-electron chi connectivity index (χ3n) is 5.49. The molecular weight excluding hydrogens is 369 g/mol. The van der Waals surface area contributed by atoms with E-state index in [0.29, 0.717) is 5.56 Å². The van der Waals surface area contributed by atoms with Crippen LogP contribution < -0.4 is 10.2 Å². The Morgan fingerprint density at radius 2 is 1.76 bits per heavy atom. The van der Waals surface area contributed by atoms with E-state index >= 15 is 0 Å². The molecule has 2 heterocycles. The Morgan fingerprint density at radius 1 is 1.03 bits per heavy atom. The molecule has 150 valence electrons. The summed E-state index contributed by atoms with van der Waals surface area (Å²) in [6.45, 7) is 4.27. The van der Waals surface area contributed by atoms with Gasteiger partial charge in [-0.2, -0.15) is 0 Å². The lowest BCUT2D eigenvalue weighted by molar-refractivity contribution is -0.123. The van der Waals surface area contributed by atoms with Crippen LogP contribution in [0.25, 0.3) is 6.08 Å².